The predicted octanol–water partition coefficient (Wildman–Crippen LogP) is 2.93. The lowest BCUT2D eigenvalue weighted by molar-refractivity contribution is 0.0904. The van der Waals surface area contributed by atoms with E-state index in [-0.39, 0.29) is 17.9 Å². The lowest BCUT2D eigenvalue weighted by Gasteiger charge is -2.37. The van der Waals surface area contributed by atoms with E-state index in [1.54, 1.807) is 45.6 Å². The van der Waals surface area contributed by atoms with Crippen molar-refractivity contribution in [2.75, 3.05) is 41.5 Å². The number of nitrogens with one attached hydrogen (secondary N) is 1. The minimum Gasteiger partial charge on any atom is -0.497 e. The van der Waals surface area contributed by atoms with Crippen LogP contribution < -0.4 is 19.5 Å². The fourth-order valence-electron chi connectivity index (χ4n) is 3.70. The smallest absolute Gasteiger partial charge is 0.251 e. The number of hydrogen-bond acceptors (Lipinski definition) is 5. The minimum atomic E-state index is -0.0670. The summed E-state index contributed by atoms with van der Waals surface area (Å²) in [4.78, 5) is 15.1. The molecule has 0 spiro atoms. The molecule has 1 aliphatic rings. The number of nitrogens with zero attached hydrogens (tertiary/aromatic N) is 1. The number of benzene rings is 2. The Morgan fingerprint density at radius 2 is 1.71 bits per heavy atom. The number of rotatable bonds is 6. The van der Waals surface area contributed by atoms with Crippen molar-refractivity contribution in [1.29, 1.82) is 0 Å². The van der Waals surface area contributed by atoms with Crippen molar-refractivity contribution < 1.29 is 19.0 Å². The number of hydrogen-bond donors (Lipinski definition) is 1. The highest BCUT2D eigenvalue weighted by molar-refractivity contribution is 5.94. The number of methoxy groups -OCH3 is 3. The normalized spacial score (nSPS) is 19.7. The number of amides is 1. The zero-order chi connectivity index (χ0) is 20.1. The summed E-state index contributed by atoms with van der Waals surface area (Å²) in [6.45, 7) is 1.81. The summed E-state index contributed by atoms with van der Waals surface area (Å²) in [5, 5.41) is 3.23. The van der Waals surface area contributed by atoms with Crippen LogP contribution in [0.1, 0.15) is 28.3 Å². The van der Waals surface area contributed by atoms with Gasteiger partial charge < -0.3 is 24.4 Å². The number of piperidine rings is 1. The van der Waals surface area contributed by atoms with Crippen LogP contribution in [0.4, 0.5) is 0 Å². The van der Waals surface area contributed by atoms with Crippen molar-refractivity contribution in [3.05, 3.63) is 53.6 Å². The molecule has 0 unspecified atom stereocenters. The van der Waals surface area contributed by atoms with Crippen molar-refractivity contribution in [2.45, 2.75) is 18.4 Å². The molecule has 0 aliphatic carbocycles. The van der Waals surface area contributed by atoms with Gasteiger partial charge in [-0.1, -0.05) is 6.07 Å². The number of carbonyl (C=O) groups is 1. The number of carbonyl (C=O) groups excluding carboxylic acids is 1. The molecule has 2 atom stereocenters. The zero-order valence-electron chi connectivity index (χ0n) is 16.9. The standard InChI is InChI=1S/C22H28N2O4/c1-24-12-11-19(23-22(25)15-5-8-17(26-2)9-6-15)18(14-24)16-7-10-20(27-3)21(13-16)28-4/h5-10,13,18-19H,11-12,14H2,1-4H3,(H,23,25)/t18-,19-/m1/s1. The molecule has 28 heavy (non-hydrogen) atoms. The first kappa shape index (κ1) is 20.0. The number of ether oxygens (including phenoxy) is 3. The van der Waals surface area contributed by atoms with Gasteiger partial charge in [-0.05, 0) is 62.0 Å². The van der Waals surface area contributed by atoms with E-state index in [9.17, 15) is 4.79 Å². The van der Waals surface area contributed by atoms with E-state index in [1.165, 1.54) is 0 Å². The third kappa shape index (κ3) is 4.39. The summed E-state index contributed by atoms with van der Waals surface area (Å²) in [7, 11) is 6.98. The van der Waals surface area contributed by atoms with Gasteiger partial charge >= 0.3 is 0 Å². The Bertz CT molecular complexity index is 807. The number of likely N-dealkylation sites (N-methyl/N-ethyl adjacent to an activating group) is 1. The second-order valence-electron chi connectivity index (χ2n) is 7.08. The highest BCUT2D eigenvalue weighted by atomic mass is 16.5. The van der Waals surface area contributed by atoms with E-state index in [1.807, 2.05) is 12.1 Å². The topological polar surface area (TPSA) is 60.0 Å². The molecule has 1 saturated heterocycles. The first-order valence-corrected chi connectivity index (χ1v) is 9.41. The maximum atomic E-state index is 12.8. The molecule has 0 bridgehead atoms. The predicted molar refractivity (Wildman–Crippen MR) is 109 cm³/mol. The molecule has 0 saturated carbocycles. The number of likely N-dealkylation sites (tertiary alicyclic amines) is 1. The van der Waals surface area contributed by atoms with Crippen LogP contribution in [-0.4, -0.2) is 58.3 Å². The van der Waals surface area contributed by atoms with Crippen molar-refractivity contribution >= 4 is 5.91 Å². The average molecular weight is 384 g/mol. The fraction of sp³-hybridized carbons (Fsp3) is 0.409. The molecule has 0 radical (unpaired) electrons. The molecular weight excluding hydrogens is 356 g/mol. The van der Waals surface area contributed by atoms with Gasteiger partial charge in [0, 0.05) is 24.1 Å². The van der Waals surface area contributed by atoms with Crippen LogP contribution in [0.3, 0.4) is 0 Å². The molecule has 0 aromatic heterocycles. The van der Waals surface area contributed by atoms with E-state index in [2.05, 4.69) is 23.3 Å². The molecule has 3 rings (SSSR count). The molecule has 1 heterocycles. The van der Waals surface area contributed by atoms with Crippen LogP contribution >= 0.6 is 0 Å². The Morgan fingerprint density at radius 3 is 2.36 bits per heavy atom. The third-order valence-electron chi connectivity index (χ3n) is 5.32. The van der Waals surface area contributed by atoms with Gasteiger partial charge in [-0.3, -0.25) is 4.79 Å². The van der Waals surface area contributed by atoms with Crippen molar-refractivity contribution in [1.82, 2.24) is 10.2 Å². The summed E-state index contributed by atoms with van der Waals surface area (Å²) in [6, 6.07) is 13.2. The lowest BCUT2D eigenvalue weighted by Crippen LogP contribution is -2.48. The van der Waals surface area contributed by atoms with Gasteiger partial charge in [0.25, 0.3) is 5.91 Å². The van der Waals surface area contributed by atoms with Crippen molar-refractivity contribution in [3.8, 4) is 17.2 Å². The first-order chi connectivity index (χ1) is 13.5. The Labute approximate surface area is 166 Å². The summed E-state index contributed by atoms with van der Waals surface area (Å²) in [6.07, 6.45) is 0.886. The maximum absolute atomic E-state index is 12.8. The molecule has 150 valence electrons. The second kappa shape index (κ2) is 8.97. The Balaban J connectivity index is 1.81. The van der Waals surface area contributed by atoms with E-state index >= 15 is 0 Å². The van der Waals surface area contributed by atoms with Crippen LogP contribution in [0.5, 0.6) is 17.2 Å². The van der Waals surface area contributed by atoms with Crippen LogP contribution in [0, 0.1) is 0 Å². The van der Waals surface area contributed by atoms with Crippen molar-refractivity contribution in [2.24, 2.45) is 0 Å². The highest BCUT2D eigenvalue weighted by Crippen LogP contribution is 2.34. The Morgan fingerprint density at radius 1 is 1.00 bits per heavy atom. The molecule has 1 aliphatic heterocycles. The molecule has 2 aromatic carbocycles. The van der Waals surface area contributed by atoms with Crippen LogP contribution in [0.25, 0.3) is 0 Å². The van der Waals surface area contributed by atoms with Gasteiger partial charge in [0.2, 0.25) is 0 Å². The summed E-state index contributed by atoms with van der Waals surface area (Å²) in [5.41, 5.74) is 1.76. The maximum Gasteiger partial charge on any atom is 0.251 e. The van der Waals surface area contributed by atoms with E-state index in [0.717, 1.165) is 30.8 Å². The molecule has 2 aromatic rings. The third-order valence-corrected chi connectivity index (χ3v) is 5.32. The largest absolute Gasteiger partial charge is 0.497 e. The fourth-order valence-corrected chi connectivity index (χ4v) is 3.70. The van der Waals surface area contributed by atoms with Crippen LogP contribution in [0.15, 0.2) is 42.5 Å². The Hall–Kier alpha value is -2.73. The molecule has 1 N–H and O–H groups in total. The second-order valence-corrected chi connectivity index (χ2v) is 7.08. The van der Waals surface area contributed by atoms with E-state index in [0.29, 0.717) is 17.1 Å². The molecule has 6 heteroatoms. The molecule has 6 nitrogen and oxygen atoms in total. The SMILES string of the molecule is COc1ccc(C(=O)N[C@@H]2CCN(C)C[C@@H]2c2ccc(OC)c(OC)c2)cc1. The van der Waals surface area contributed by atoms with E-state index < -0.39 is 0 Å². The minimum absolute atomic E-state index is 0.0453. The summed E-state index contributed by atoms with van der Waals surface area (Å²) in [5.74, 6) is 2.24. The average Bonchev–Trinajstić information content (AvgIpc) is 2.74. The summed E-state index contributed by atoms with van der Waals surface area (Å²) >= 11 is 0. The highest BCUT2D eigenvalue weighted by Gasteiger charge is 2.31. The van der Waals surface area contributed by atoms with Gasteiger partial charge in [0.1, 0.15) is 5.75 Å². The zero-order valence-corrected chi connectivity index (χ0v) is 16.9. The van der Waals surface area contributed by atoms with Gasteiger partial charge in [0.15, 0.2) is 11.5 Å². The summed E-state index contributed by atoms with van der Waals surface area (Å²) < 4.78 is 16.0. The molecular formula is C22H28N2O4. The van der Waals surface area contributed by atoms with Crippen LogP contribution in [0.2, 0.25) is 0 Å². The van der Waals surface area contributed by atoms with Gasteiger partial charge in [-0.25, -0.2) is 0 Å². The quantitative estimate of drug-likeness (QED) is 0.830. The monoisotopic (exact) mass is 384 g/mol. The van der Waals surface area contributed by atoms with Gasteiger partial charge in [-0.2, -0.15) is 0 Å². The first-order valence-electron chi connectivity index (χ1n) is 9.41. The lowest BCUT2D eigenvalue weighted by atomic mass is 9.85. The Kier molecular flexibility index (Phi) is 6.41. The van der Waals surface area contributed by atoms with E-state index in [4.69, 9.17) is 14.2 Å². The van der Waals surface area contributed by atoms with Crippen molar-refractivity contribution in [3.63, 3.8) is 0 Å². The molecule has 1 fully saturated rings. The van der Waals surface area contributed by atoms with Crippen LogP contribution in [-0.2, 0) is 0 Å². The molecule has 1 amide bonds. The van der Waals surface area contributed by atoms with Gasteiger partial charge in [0.05, 0.1) is 21.3 Å². The van der Waals surface area contributed by atoms with Gasteiger partial charge in [-0.15, -0.1) is 0 Å².